The van der Waals surface area contributed by atoms with Crippen LogP contribution in [0.15, 0.2) is 12.2 Å². The first kappa shape index (κ1) is 15.9. The number of hydrogen-bond acceptors (Lipinski definition) is 2. The fourth-order valence-corrected chi connectivity index (χ4v) is 8.23. The molecule has 0 rings (SSSR count). The van der Waals surface area contributed by atoms with Crippen LogP contribution in [-0.4, -0.2) is 26.6 Å². The molecule has 0 aromatic rings. The van der Waals surface area contributed by atoms with Crippen molar-refractivity contribution in [2.75, 3.05) is 13.2 Å². The van der Waals surface area contributed by atoms with Crippen molar-refractivity contribution in [2.24, 2.45) is 0 Å². The van der Waals surface area contributed by atoms with E-state index in [1.54, 1.807) is 0 Å². The predicted molar refractivity (Wildman–Crippen MR) is 73.2 cm³/mol. The van der Waals surface area contributed by atoms with Gasteiger partial charge in [-0.15, -0.1) is 0 Å². The molecule has 1 N–H and O–H groups in total. The summed E-state index contributed by atoms with van der Waals surface area (Å²) in [5.74, 6) is 0. The summed E-state index contributed by atoms with van der Waals surface area (Å²) in [6.07, 6.45) is 0. The van der Waals surface area contributed by atoms with Gasteiger partial charge in [0.1, 0.15) is 0 Å². The highest BCUT2D eigenvalue weighted by atomic mass is 28.4. The molecule has 96 valence electrons. The first-order chi connectivity index (χ1) is 7.28. The van der Waals surface area contributed by atoms with Crippen LogP contribution in [0.25, 0.3) is 0 Å². The molecular weight excluding hydrogens is 216 g/mol. The van der Waals surface area contributed by atoms with Crippen molar-refractivity contribution in [1.82, 2.24) is 0 Å². The molecule has 0 unspecified atom stereocenters. The van der Waals surface area contributed by atoms with Crippen LogP contribution in [0.2, 0.25) is 16.6 Å². The Labute approximate surface area is 102 Å². The molecule has 0 spiro atoms. The van der Waals surface area contributed by atoms with Gasteiger partial charge in [-0.05, 0) is 22.2 Å². The van der Waals surface area contributed by atoms with E-state index in [-0.39, 0.29) is 6.61 Å². The van der Waals surface area contributed by atoms with Gasteiger partial charge in [-0.25, -0.2) is 0 Å². The molecule has 0 amide bonds. The third-order valence-corrected chi connectivity index (χ3v) is 9.52. The molecule has 16 heavy (non-hydrogen) atoms. The monoisotopic (exact) mass is 244 g/mol. The van der Waals surface area contributed by atoms with E-state index in [1.807, 2.05) is 0 Å². The van der Waals surface area contributed by atoms with Gasteiger partial charge >= 0.3 is 0 Å². The number of hydrogen-bond donors (Lipinski definition) is 1. The zero-order chi connectivity index (χ0) is 12.9. The number of aliphatic hydroxyl groups excluding tert-OH is 1. The van der Waals surface area contributed by atoms with Gasteiger partial charge in [0.2, 0.25) is 8.32 Å². The highest BCUT2D eigenvalue weighted by molar-refractivity contribution is 6.77. The average Bonchev–Trinajstić information content (AvgIpc) is 2.16. The van der Waals surface area contributed by atoms with E-state index >= 15 is 0 Å². The van der Waals surface area contributed by atoms with Crippen molar-refractivity contribution in [3.05, 3.63) is 12.2 Å². The maximum absolute atomic E-state index is 8.98. The Kier molecular flexibility index (Phi) is 6.52. The van der Waals surface area contributed by atoms with E-state index in [0.717, 1.165) is 5.57 Å². The van der Waals surface area contributed by atoms with Gasteiger partial charge in [-0.3, -0.25) is 0 Å². The lowest BCUT2D eigenvalue weighted by Crippen LogP contribution is -2.48. The van der Waals surface area contributed by atoms with E-state index in [4.69, 9.17) is 9.53 Å². The Morgan fingerprint density at radius 1 is 1.06 bits per heavy atom. The van der Waals surface area contributed by atoms with Crippen LogP contribution in [-0.2, 0) is 4.43 Å². The summed E-state index contributed by atoms with van der Waals surface area (Å²) < 4.78 is 6.25. The molecule has 0 aliphatic rings. The summed E-state index contributed by atoms with van der Waals surface area (Å²) in [7, 11) is -1.78. The van der Waals surface area contributed by atoms with Gasteiger partial charge in [0.15, 0.2) is 0 Å². The molecule has 0 radical (unpaired) electrons. The fourth-order valence-electron chi connectivity index (χ4n) is 2.77. The summed E-state index contributed by atoms with van der Waals surface area (Å²) in [5.41, 5.74) is 2.52. The Morgan fingerprint density at radius 2 is 1.44 bits per heavy atom. The molecule has 0 aliphatic heterocycles. The van der Waals surface area contributed by atoms with Gasteiger partial charge in [-0.2, -0.15) is 0 Å². The maximum Gasteiger partial charge on any atom is 0.200 e. The van der Waals surface area contributed by atoms with Crippen molar-refractivity contribution in [3.63, 3.8) is 0 Å². The lowest BCUT2D eigenvalue weighted by Gasteiger charge is -2.42. The second-order valence-electron chi connectivity index (χ2n) is 5.51. The molecule has 0 saturated carbocycles. The minimum atomic E-state index is -1.78. The molecule has 0 fully saturated rings. The predicted octanol–water partition coefficient (Wildman–Crippen LogP) is 3.73. The van der Waals surface area contributed by atoms with Gasteiger partial charge in [0.05, 0.1) is 13.2 Å². The standard InChI is InChI=1S/C13H28O2Si/c1-10(2)16(11(3)4,12(5)6)15-9-13(7)8-14/h10-12,14H,7-9H2,1-6H3. The summed E-state index contributed by atoms with van der Waals surface area (Å²) in [6, 6.07) is 0. The van der Waals surface area contributed by atoms with E-state index in [9.17, 15) is 0 Å². The number of aliphatic hydroxyl groups is 1. The van der Waals surface area contributed by atoms with Crippen LogP contribution in [0.4, 0.5) is 0 Å². The molecule has 0 aromatic heterocycles. The molecule has 0 aliphatic carbocycles. The zero-order valence-electron chi connectivity index (χ0n) is 11.7. The molecule has 0 heterocycles. The highest BCUT2D eigenvalue weighted by Crippen LogP contribution is 2.42. The van der Waals surface area contributed by atoms with Gasteiger partial charge < -0.3 is 9.53 Å². The van der Waals surface area contributed by atoms with Crippen LogP contribution in [0.3, 0.4) is 0 Å². The van der Waals surface area contributed by atoms with E-state index in [1.165, 1.54) is 0 Å². The van der Waals surface area contributed by atoms with Gasteiger partial charge in [-0.1, -0.05) is 48.1 Å². The zero-order valence-corrected chi connectivity index (χ0v) is 12.7. The molecular formula is C13H28O2Si. The maximum atomic E-state index is 8.98. The Morgan fingerprint density at radius 3 is 1.69 bits per heavy atom. The molecule has 0 saturated heterocycles. The number of rotatable bonds is 7. The van der Waals surface area contributed by atoms with Gasteiger partial charge in [0, 0.05) is 0 Å². The van der Waals surface area contributed by atoms with Crippen LogP contribution < -0.4 is 0 Å². The minimum Gasteiger partial charge on any atom is -0.412 e. The summed E-state index contributed by atoms with van der Waals surface area (Å²) in [4.78, 5) is 0. The van der Waals surface area contributed by atoms with Crippen LogP contribution in [0.5, 0.6) is 0 Å². The van der Waals surface area contributed by atoms with Crippen LogP contribution >= 0.6 is 0 Å². The Hall–Kier alpha value is -0.123. The first-order valence-corrected chi connectivity index (χ1v) is 8.34. The molecule has 0 bridgehead atoms. The smallest absolute Gasteiger partial charge is 0.200 e. The van der Waals surface area contributed by atoms with Crippen LogP contribution in [0, 0.1) is 0 Å². The van der Waals surface area contributed by atoms with E-state index in [0.29, 0.717) is 23.2 Å². The molecule has 0 aromatic carbocycles. The van der Waals surface area contributed by atoms with Gasteiger partial charge in [0.25, 0.3) is 0 Å². The van der Waals surface area contributed by atoms with Crippen molar-refractivity contribution in [1.29, 1.82) is 0 Å². The molecule has 3 heteroatoms. The second-order valence-corrected chi connectivity index (χ2v) is 11.0. The minimum absolute atomic E-state index is 0.0266. The summed E-state index contributed by atoms with van der Waals surface area (Å²) >= 11 is 0. The van der Waals surface area contributed by atoms with E-state index < -0.39 is 8.32 Å². The van der Waals surface area contributed by atoms with E-state index in [2.05, 4.69) is 48.1 Å². The third-order valence-electron chi connectivity index (χ3n) is 3.46. The topological polar surface area (TPSA) is 29.5 Å². The molecule has 2 nitrogen and oxygen atoms in total. The Bertz CT molecular complexity index is 200. The van der Waals surface area contributed by atoms with Crippen molar-refractivity contribution in [3.8, 4) is 0 Å². The average molecular weight is 244 g/mol. The first-order valence-electron chi connectivity index (χ1n) is 6.20. The summed E-state index contributed by atoms with van der Waals surface area (Å²) in [6.45, 7) is 17.9. The van der Waals surface area contributed by atoms with Crippen LogP contribution in [0.1, 0.15) is 41.5 Å². The van der Waals surface area contributed by atoms with Crippen molar-refractivity contribution < 1.29 is 9.53 Å². The second kappa shape index (κ2) is 6.57. The third kappa shape index (κ3) is 3.44. The largest absolute Gasteiger partial charge is 0.412 e. The SMILES string of the molecule is C=C(CO)CO[Si](C(C)C)(C(C)C)C(C)C. The van der Waals surface area contributed by atoms with Crippen molar-refractivity contribution >= 4 is 8.32 Å². The quantitative estimate of drug-likeness (QED) is 0.546. The fraction of sp³-hybridized carbons (Fsp3) is 0.846. The normalized spacial score (nSPS) is 12.9. The lowest BCUT2D eigenvalue weighted by atomic mass is 10.4. The van der Waals surface area contributed by atoms with Crippen molar-refractivity contribution in [2.45, 2.75) is 58.2 Å². The summed E-state index contributed by atoms with van der Waals surface area (Å²) in [5, 5.41) is 8.98. The Balaban J connectivity index is 4.84. The molecule has 0 atom stereocenters. The highest BCUT2D eigenvalue weighted by Gasteiger charge is 2.44. The lowest BCUT2D eigenvalue weighted by molar-refractivity contribution is 0.268.